The number of amides is 1. The first kappa shape index (κ1) is 14.6. The van der Waals surface area contributed by atoms with Crippen LogP contribution in [0, 0.1) is 5.92 Å². The monoisotopic (exact) mass is 260 g/mol. The Morgan fingerprint density at radius 1 is 1.53 bits per heavy atom. The minimum absolute atomic E-state index is 0.0844. The van der Waals surface area contributed by atoms with Crippen LogP contribution < -0.4 is 11.1 Å². The van der Waals surface area contributed by atoms with Gasteiger partial charge >= 0.3 is 0 Å². The van der Waals surface area contributed by atoms with E-state index in [1.165, 1.54) is 0 Å². The van der Waals surface area contributed by atoms with Gasteiger partial charge in [0.1, 0.15) is 0 Å². The van der Waals surface area contributed by atoms with Gasteiger partial charge in [-0.2, -0.15) is 0 Å². The molecule has 0 spiro atoms. The molecule has 100 valence electrons. The smallest absolute Gasteiger partial charge is 0.223 e. The standard InChI is InChI=1S/C12H24N2O2S/c1-9(17(2)16)6-7-14-12(15)10-4-3-5-11(13)8-10/h9-11H,3-8,13H2,1-2H3,(H,14,15). The number of carbonyl (C=O) groups excluding carboxylic acids is 1. The van der Waals surface area contributed by atoms with Crippen molar-refractivity contribution >= 4 is 16.7 Å². The molecule has 1 fully saturated rings. The van der Waals surface area contributed by atoms with E-state index in [0.717, 1.165) is 32.1 Å². The average Bonchev–Trinajstić information content (AvgIpc) is 2.28. The van der Waals surface area contributed by atoms with Crippen molar-refractivity contribution in [3.63, 3.8) is 0 Å². The summed E-state index contributed by atoms with van der Waals surface area (Å²) in [6.07, 6.45) is 6.32. The molecule has 4 unspecified atom stereocenters. The van der Waals surface area contributed by atoms with Crippen LogP contribution in [0.5, 0.6) is 0 Å². The molecule has 0 bridgehead atoms. The number of nitrogens with two attached hydrogens (primary N) is 1. The van der Waals surface area contributed by atoms with Crippen LogP contribution >= 0.6 is 0 Å². The van der Waals surface area contributed by atoms with Crippen molar-refractivity contribution in [1.82, 2.24) is 5.32 Å². The van der Waals surface area contributed by atoms with Crippen molar-refractivity contribution in [3.05, 3.63) is 0 Å². The third-order valence-corrected chi connectivity index (χ3v) is 4.87. The minimum atomic E-state index is -0.807. The first-order valence-electron chi connectivity index (χ1n) is 6.36. The van der Waals surface area contributed by atoms with Crippen LogP contribution in [-0.4, -0.2) is 34.2 Å². The first-order chi connectivity index (χ1) is 8.00. The van der Waals surface area contributed by atoms with Crippen molar-refractivity contribution in [2.75, 3.05) is 12.8 Å². The van der Waals surface area contributed by atoms with Crippen LogP contribution in [0.4, 0.5) is 0 Å². The number of nitrogens with one attached hydrogen (secondary N) is 1. The average molecular weight is 260 g/mol. The van der Waals surface area contributed by atoms with Gasteiger partial charge in [-0.3, -0.25) is 9.00 Å². The Morgan fingerprint density at radius 3 is 2.82 bits per heavy atom. The fourth-order valence-electron chi connectivity index (χ4n) is 2.17. The van der Waals surface area contributed by atoms with E-state index in [1.807, 2.05) is 6.92 Å². The Hall–Kier alpha value is -0.420. The molecular formula is C12H24N2O2S. The van der Waals surface area contributed by atoms with Crippen molar-refractivity contribution in [1.29, 1.82) is 0 Å². The minimum Gasteiger partial charge on any atom is -0.356 e. The highest BCUT2D eigenvalue weighted by atomic mass is 32.2. The SMILES string of the molecule is CC(CCNC(=O)C1CCCC(N)C1)S(C)=O. The Balaban J connectivity index is 2.22. The highest BCUT2D eigenvalue weighted by molar-refractivity contribution is 7.84. The first-order valence-corrected chi connectivity index (χ1v) is 7.98. The molecule has 0 aromatic heterocycles. The van der Waals surface area contributed by atoms with Crippen LogP contribution in [0.15, 0.2) is 0 Å². The van der Waals surface area contributed by atoms with E-state index < -0.39 is 10.8 Å². The summed E-state index contributed by atoms with van der Waals surface area (Å²) < 4.78 is 11.1. The third-order valence-electron chi connectivity index (χ3n) is 3.50. The zero-order valence-corrected chi connectivity index (χ0v) is 11.6. The maximum Gasteiger partial charge on any atom is 0.223 e. The molecule has 1 aliphatic carbocycles. The summed E-state index contributed by atoms with van der Waals surface area (Å²) in [5, 5.41) is 3.07. The maximum absolute atomic E-state index is 11.9. The number of carbonyl (C=O) groups is 1. The van der Waals surface area contributed by atoms with E-state index in [-0.39, 0.29) is 23.1 Å². The molecule has 17 heavy (non-hydrogen) atoms. The predicted octanol–water partition coefficient (Wildman–Crippen LogP) is 0.777. The summed E-state index contributed by atoms with van der Waals surface area (Å²) in [5.74, 6) is 0.204. The van der Waals surface area contributed by atoms with Gasteiger partial charge in [0, 0.05) is 40.8 Å². The molecule has 1 rings (SSSR count). The second-order valence-corrected chi connectivity index (χ2v) is 6.81. The quantitative estimate of drug-likeness (QED) is 0.767. The Bertz CT molecular complexity index is 284. The van der Waals surface area contributed by atoms with Crippen LogP contribution in [0.25, 0.3) is 0 Å². The van der Waals surface area contributed by atoms with Gasteiger partial charge in [-0.05, 0) is 25.7 Å². The summed E-state index contributed by atoms with van der Waals surface area (Å²) in [4.78, 5) is 11.9. The molecule has 4 atom stereocenters. The summed E-state index contributed by atoms with van der Waals surface area (Å²) in [5.41, 5.74) is 5.86. The number of hydrogen-bond acceptors (Lipinski definition) is 3. The second-order valence-electron chi connectivity index (χ2n) is 5.01. The molecule has 0 aliphatic heterocycles. The van der Waals surface area contributed by atoms with Crippen molar-refractivity contribution < 1.29 is 9.00 Å². The highest BCUT2D eigenvalue weighted by Gasteiger charge is 2.24. The number of rotatable bonds is 5. The molecule has 0 aromatic rings. The van der Waals surface area contributed by atoms with Gasteiger partial charge in [0.05, 0.1) is 0 Å². The molecular weight excluding hydrogens is 236 g/mol. The fourth-order valence-corrected chi connectivity index (χ4v) is 2.62. The van der Waals surface area contributed by atoms with Crippen molar-refractivity contribution in [2.24, 2.45) is 11.7 Å². The van der Waals surface area contributed by atoms with Gasteiger partial charge in [0.15, 0.2) is 0 Å². The summed E-state index contributed by atoms with van der Waals surface area (Å²) >= 11 is 0. The molecule has 0 aromatic carbocycles. The third kappa shape index (κ3) is 5.17. The normalized spacial score (nSPS) is 28.4. The van der Waals surface area contributed by atoms with Crippen LogP contribution in [0.3, 0.4) is 0 Å². The lowest BCUT2D eigenvalue weighted by atomic mass is 9.85. The van der Waals surface area contributed by atoms with Gasteiger partial charge < -0.3 is 11.1 Å². The zero-order valence-electron chi connectivity index (χ0n) is 10.8. The second kappa shape index (κ2) is 7.11. The van der Waals surface area contributed by atoms with Crippen LogP contribution in [0.1, 0.15) is 39.0 Å². The van der Waals surface area contributed by atoms with E-state index in [0.29, 0.717) is 6.54 Å². The molecule has 1 saturated carbocycles. The predicted molar refractivity (Wildman–Crippen MR) is 71.1 cm³/mol. The molecule has 1 amide bonds. The Labute approximate surface area is 106 Å². The van der Waals surface area contributed by atoms with E-state index >= 15 is 0 Å². The fraction of sp³-hybridized carbons (Fsp3) is 0.917. The summed E-state index contributed by atoms with van der Waals surface area (Å²) in [7, 11) is -0.807. The van der Waals surface area contributed by atoms with E-state index in [2.05, 4.69) is 5.32 Å². The molecule has 0 saturated heterocycles. The van der Waals surface area contributed by atoms with Gasteiger partial charge in [-0.15, -0.1) is 0 Å². The van der Waals surface area contributed by atoms with Gasteiger partial charge in [-0.25, -0.2) is 0 Å². The largest absolute Gasteiger partial charge is 0.356 e. The summed E-state index contributed by atoms with van der Waals surface area (Å²) in [6, 6.07) is 0.182. The lowest BCUT2D eigenvalue weighted by molar-refractivity contribution is -0.126. The van der Waals surface area contributed by atoms with Gasteiger partial charge in [-0.1, -0.05) is 13.3 Å². The van der Waals surface area contributed by atoms with Crippen LogP contribution in [-0.2, 0) is 15.6 Å². The molecule has 4 nitrogen and oxygen atoms in total. The molecule has 0 heterocycles. The van der Waals surface area contributed by atoms with E-state index in [1.54, 1.807) is 6.26 Å². The van der Waals surface area contributed by atoms with Gasteiger partial charge in [0.25, 0.3) is 0 Å². The van der Waals surface area contributed by atoms with Gasteiger partial charge in [0.2, 0.25) is 5.91 Å². The lowest BCUT2D eigenvalue weighted by Gasteiger charge is -2.25. The van der Waals surface area contributed by atoms with E-state index in [9.17, 15) is 9.00 Å². The van der Waals surface area contributed by atoms with Crippen molar-refractivity contribution in [2.45, 2.75) is 50.3 Å². The Morgan fingerprint density at radius 2 is 2.24 bits per heavy atom. The molecule has 3 N–H and O–H groups in total. The Kier molecular flexibility index (Phi) is 6.12. The van der Waals surface area contributed by atoms with E-state index in [4.69, 9.17) is 5.73 Å². The molecule has 1 aliphatic rings. The highest BCUT2D eigenvalue weighted by Crippen LogP contribution is 2.23. The van der Waals surface area contributed by atoms with Crippen LogP contribution in [0.2, 0.25) is 0 Å². The summed E-state index contributed by atoms with van der Waals surface area (Å²) in [6.45, 7) is 2.56. The number of hydrogen-bond donors (Lipinski definition) is 2. The zero-order chi connectivity index (χ0) is 12.8. The molecule has 0 radical (unpaired) electrons. The topological polar surface area (TPSA) is 72.2 Å². The molecule has 5 heteroatoms. The maximum atomic E-state index is 11.9. The van der Waals surface area contributed by atoms with Crippen molar-refractivity contribution in [3.8, 4) is 0 Å². The lowest BCUT2D eigenvalue weighted by Crippen LogP contribution is -2.38.